The van der Waals surface area contributed by atoms with Crippen LogP contribution in [-0.2, 0) is 11.2 Å². The zero-order valence-corrected chi connectivity index (χ0v) is 10.0. The monoisotopic (exact) mass is 249 g/mol. The van der Waals surface area contributed by atoms with Gasteiger partial charge in [0.15, 0.2) is 0 Å². The Morgan fingerprint density at radius 2 is 2.06 bits per heavy atom. The molecule has 5 heteroatoms. The Labute approximate surface area is 102 Å². The van der Waals surface area contributed by atoms with Gasteiger partial charge in [-0.15, -0.1) is 11.3 Å². The highest BCUT2D eigenvalue weighted by atomic mass is 32.1. The van der Waals surface area contributed by atoms with Crippen LogP contribution in [0.5, 0.6) is 0 Å². The van der Waals surface area contributed by atoms with Crippen LogP contribution in [0.4, 0.5) is 0 Å². The van der Waals surface area contributed by atoms with Crippen molar-refractivity contribution in [3.05, 3.63) is 34.7 Å². The van der Waals surface area contributed by atoms with Crippen molar-refractivity contribution in [2.75, 3.05) is 7.05 Å². The number of amides is 1. The fourth-order valence-corrected chi connectivity index (χ4v) is 2.76. The summed E-state index contributed by atoms with van der Waals surface area (Å²) in [7, 11) is 1.54. The van der Waals surface area contributed by atoms with Crippen LogP contribution in [0.25, 0.3) is 10.1 Å². The molecule has 2 rings (SSSR count). The maximum Gasteiger partial charge on any atom is 0.346 e. The van der Waals surface area contributed by atoms with Crippen LogP contribution < -0.4 is 5.32 Å². The molecule has 0 aliphatic heterocycles. The molecule has 0 radical (unpaired) electrons. The predicted molar refractivity (Wildman–Crippen MR) is 66.6 cm³/mol. The van der Waals surface area contributed by atoms with Crippen molar-refractivity contribution >= 4 is 33.3 Å². The van der Waals surface area contributed by atoms with Gasteiger partial charge in [-0.05, 0) is 17.0 Å². The molecule has 4 nitrogen and oxygen atoms in total. The molecule has 88 valence electrons. The molecule has 0 atom stereocenters. The Hall–Kier alpha value is -1.88. The Morgan fingerprint density at radius 3 is 2.71 bits per heavy atom. The summed E-state index contributed by atoms with van der Waals surface area (Å²) < 4.78 is 0.892. The first-order valence-corrected chi connectivity index (χ1v) is 5.89. The highest BCUT2D eigenvalue weighted by molar-refractivity contribution is 7.21. The van der Waals surface area contributed by atoms with Crippen LogP contribution in [0.15, 0.2) is 24.3 Å². The van der Waals surface area contributed by atoms with E-state index in [4.69, 9.17) is 5.11 Å². The van der Waals surface area contributed by atoms with Gasteiger partial charge in [-0.1, -0.05) is 18.2 Å². The second-order valence-electron chi connectivity index (χ2n) is 3.56. The average molecular weight is 249 g/mol. The number of aromatic carboxylic acids is 1. The van der Waals surface area contributed by atoms with Gasteiger partial charge in [0.1, 0.15) is 4.88 Å². The number of carbonyl (C=O) groups is 2. The maximum absolute atomic E-state index is 11.4. The van der Waals surface area contributed by atoms with Gasteiger partial charge in [0.05, 0.1) is 6.42 Å². The van der Waals surface area contributed by atoms with Crippen LogP contribution >= 0.6 is 11.3 Å². The summed E-state index contributed by atoms with van der Waals surface area (Å²) in [6.45, 7) is 0. The minimum absolute atomic E-state index is 0.0994. The van der Waals surface area contributed by atoms with Gasteiger partial charge in [0.2, 0.25) is 5.91 Å². The number of carboxylic acids is 1. The number of carbonyl (C=O) groups excluding carboxylic acids is 1. The summed E-state index contributed by atoms with van der Waals surface area (Å²) in [6, 6.07) is 7.40. The first-order valence-electron chi connectivity index (χ1n) is 5.07. The SMILES string of the molecule is CNC(=O)Cc1c(C(=O)O)sc2ccccc12. The van der Waals surface area contributed by atoms with Crippen molar-refractivity contribution in [3.63, 3.8) is 0 Å². The molecule has 0 saturated heterocycles. The van der Waals surface area contributed by atoms with Gasteiger partial charge < -0.3 is 10.4 Å². The highest BCUT2D eigenvalue weighted by Gasteiger charge is 2.19. The molecule has 1 aromatic carbocycles. The molecule has 0 unspecified atom stereocenters. The van der Waals surface area contributed by atoms with Crippen LogP contribution in [0, 0.1) is 0 Å². The predicted octanol–water partition coefficient (Wildman–Crippen LogP) is 1.89. The van der Waals surface area contributed by atoms with E-state index in [9.17, 15) is 9.59 Å². The zero-order chi connectivity index (χ0) is 12.4. The number of nitrogens with one attached hydrogen (secondary N) is 1. The molecular formula is C12H11NO3S. The standard InChI is InChI=1S/C12H11NO3S/c1-13-10(14)6-8-7-4-2-3-5-9(7)17-11(8)12(15)16/h2-5H,6H2,1H3,(H,13,14)(H,15,16). The van der Waals surface area contributed by atoms with Gasteiger partial charge in [-0.3, -0.25) is 4.79 Å². The van der Waals surface area contributed by atoms with Gasteiger partial charge in [0, 0.05) is 11.7 Å². The van der Waals surface area contributed by atoms with E-state index in [1.165, 1.54) is 18.4 Å². The van der Waals surface area contributed by atoms with Crippen LogP contribution in [0.2, 0.25) is 0 Å². The normalized spacial score (nSPS) is 10.4. The van der Waals surface area contributed by atoms with E-state index in [-0.39, 0.29) is 17.2 Å². The number of hydrogen-bond acceptors (Lipinski definition) is 3. The highest BCUT2D eigenvalue weighted by Crippen LogP contribution is 2.31. The molecule has 1 aromatic heterocycles. The minimum Gasteiger partial charge on any atom is -0.477 e. The summed E-state index contributed by atoms with van der Waals surface area (Å²) in [5.74, 6) is -1.17. The molecule has 2 aromatic rings. The molecule has 1 heterocycles. The number of carboxylic acid groups (broad SMARTS) is 1. The lowest BCUT2D eigenvalue weighted by atomic mass is 10.1. The van der Waals surface area contributed by atoms with E-state index < -0.39 is 5.97 Å². The third kappa shape index (κ3) is 2.14. The molecular weight excluding hydrogens is 238 g/mol. The van der Waals surface area contributed by atoms with Gasteiger partial charge >= 0.3 is 5.97 Å². The summed E-state index contributed by atoms with van der Waals surface area (Å²) in [5.41, 5.74) is 0.595. The first kappa shape index (κ1) is 11.6. The quantitative estimate of drug-likeness (QED) is 0.873. The minimum atomic E-state index is -0.981. The van der Waals surface area contributed by atoms with Gasteiger partial charge in [-0.2, -0.15) is 0 Å². The number of benzene rings is 1. The number of hydrogen-bond donors (Lipinski definition) is 2. The molecule has 17 heavy (non-hydrogen) atoms. The molecule has 2 N–H and O–H groups in total. The smallest absolute Gasteiger partial charge is 0.346 e. The molecule has 0 bridgehead atoms. The van der Waals surface area contributed by atoms with E-state index in [1.807, 2.05) is 24.3 Å². The molecule has 0 aliphatic carbocycles. The second-order valence-corrected chi connectivity index (χ2v) is 4.61. The van der Waals surface area contributed by atoms with E-state index in [1.54, 1.807) is 0 Å². The summed E-state index contributed by atoms with van der Waals surface area (Å²) >= 11 is 1.20. The Kier molecular flexibility index (Phi) is 3.10. The van der Waals surface area contributed by atoms with Crippen LogP contribution in [-0.4, -0.2) is 24.0 Å². The molecule has 0 spiro atoms. The molecule has 1 amide bonds. The fraction of sp³-hybridized carbons (Fsp3) is 0.167. The lowest BCUT2D eigenvalue weighted by Gasteiger charge is -2.00. The fourth-order valence-electron chi connectivity index (χ4n) is 1.70. The Balaban J connectivity index is 2.59. The number of rotatable bonds is 3. The number of likely N-dealkylation sites (N-methyl/N-ethyl adjacent to an activating group) is 1. The summed E-state index contributed by atoms with van der Waals surface area (Å²) in [4.78, 5) is 22.8. The Bertz CT molecular complexity index is 588. The van der Waals surface area contributed by atoms with E-state index >= 15 is 0 Å². The molecule has 0 saturated carbocycles. The third-order valence-electron chi connectivity index (χ3n) is 2.51. The molecule has 0 aliphatic rings. The van der Waals surface area contributed by atoms with Crippen LogP contribution in [0.1, 0.15) is 15.2 Å². The third-order valence-corrected chi connectivity index (χ3v) is 3.71. The largest absolute Gasteiger partial charge is 0.477 e. The average Bonchev–Trinajstić information content (AvgIpc) is 2.68. The Morgan fingerprint density at radius 1 is 1.35 bits per heavy atom. The van der Waals surface area contributed by atoms with Gasteiger partial charge in [-0.25, -0.2) is 4.79 Å². The maximum atomic E-state index is 11.4. The van der Waals surface area contributed by atoms with Crippen molar-refractivity contribution in [1.29, 1.82) is 0 Å². The van der Waals surface area contributed by atoms with Crippen molar-refractivity contribution in [2.45, 2.75) is 6.42 Å². The first-order chi connectivity index (χ1) is 8.13. The number of thiophene rings is 1. The summed E-state index contributed by atoms with van der Waals surface area (Å²) in [6.07, 6.45) is 0.0994. The lowest BCUT2D eigenvalue weighted by molar-refractivity contribution is -0.119. The summed E-state index contributed by atoms with van der Waals surface area (Å²) in [5, 5.41) is 12.5. The van der Waals surface area contributed by atoms with Crippen molar-refractivity contribution in [3.8, 4) is 0 Å². The lowest BCUT2D eigenvalue weighted by Crippen LogP contribution is -2.20. The van der Waals surface area contributed by atoms with Crippen LogP contribution in [0.3, 0.4) is 0 Å². The van der Waals surface area contributed by atoms with Crippen molar-refractivity contribution < 1.29 is 14.7 Å². The topological polar surface area (TPSA) is 66.4 Å². The van der Waals surface area contributed by atoms with Gasteiger partial charge in [0.25, 0.3) is 0 Å². The van der Waals surface area contributed by atoms with E-state index in [2.05, 4.69) is 5.32 Å². The number of fused-ring (bicyclic) bond motifs is 1. The van der Waals surface area contributed by atoms with E-state index in [0.29, 0.717) is 5.56 Å². The van der Waals surface area contributed by atoms with Crippen molar-refractivity contribution in [2.24, 2.45) is 0 Å². The second kappa shape index (κ2) is 4.55. The zero-order valence-electron chi connectivity index (χ0n) is 9.19. The van der Waals surface area contributed by atoms with E-state index in [0.717, 1.165) is 10.1 Å². The van der Waals surface area contributed by atoms with Crippen molar-refractivity contribution in [1.82, 2.24) is 5.32 Å². The molecule has 0 fully saturated rings.